The zero-order valence-corrected chi connectivity index (χ0v) is 11.6. The maximum Gasteiger partial charge on any atom is 0.177 e. The van der Waals surface area contributed by atoms with E-state index in [0.29, 0.717) is 16.3 Å². The third-order valence-electron chi connectivity index (χ3n) is 2.39. The second kappa shape index (κ2) is 5.91. The summed E-state index contributed by atoms with van der Waals surface area (Å²) in [6, 6.07) is 0. The zero-order valence-electron chi connectivity index (χ0n) is 10.8. The first-order valence-electron chi connectivity index (χ1n) is 5.77. The largest absolute Gasteiger partial charge is 0.492 e. The Labute approximate surface area is 106 Å². The Balaban J connectivity index is 3.08. The number of nitrogens with two attached hydrogens (primary N) is 1. The van der Waals surface area contributed by atoms with E-state index in [4.69, 9.17) is 10.5 Å². The molecule has 0 saturated carbocycles. The Morgan fingerprint density at radius 3 is 2.65 bits per heavy atom. The molecule has 0 aliphatic carbocycles. The van der Waals surface area contributed by atoms with Crippen LogP contribution in [0.4, 0.5) is 10.7 Å². The van der Waals surface area contributed by atoms with Gasteiger partial charge in [-0.15, -0.1) is 11.3 Å². The summed E-state index contributed by atoms with van der Waals surface area (Å²) < 4.78 is 5.25. The number of nitrogen functional groups attached to an aromatic ring is 1. The number of ether oxygens (including phenoxy) is 1. The average molecular weight is 256 g/mol. The Bertz CT molecular complexity index is 399. The number of hydrogen-bond donors (Lipinski definition) is 2. The molecule has 0 fully saturated rings. The maximum atomic E-state index is 12.0. The van der Waals surface area contributed by atoms with Crippen LogP contribution >= 0.6 is 11.3 Å². The second-order valence-corrected chi connectivity index (χ2v) is 5.17. The van der Waals surface area contributed by atoms with Crippen LogP contribution in [0.15, 0.2) is 0 Å². The van der Waals surface area contributed by atoms with Crippen LogP contribution in [0.25, 0.3) is 0 Å². The summed E-state index contributed by atoms with van der Waals surface area (Å²) in [5.74, 6) is 0.600. The van der Waals surface area contributed by atoms with Gasteiger partial charge >= 0.3 is 0 Å². The van der Waals surface area contributed by atoms with Gasteiger partial charge in [0.25, 0.3) is 0 Å². The van der Waals surface area contributed by atoms with Crippen LogP contribution in [0.2, 0.25) is 0 Å². The number of Topliss-reactive ketones (excluding diaryl/α,β-unsaturated/α-hetero) is 1. The molecule has 3 N–H and O–H groups in total. The molecule has 1 aromatic heterocycles. The van der Waals surface area contributed by atoms with Crippen LogP contribution < -0.4 is 15.8 Å². The molecule has 17 heavy (non-hydrogen) atoms. The van der Waals surface area contributed by atoms with Crippen molar-refractivity contribution in [2.45, 2.75) is 27.2 Å². The number of nitrogens with one attached hydrogen (secondary N) is 1. The fourth-order valence-corrected chi connectivity index (χ4v) is 2.63. The fraction of sp³-hybridized carbons (Fsp3) is 0.583. The molecule has 0 radical (unpaired) electrons. The molecule has 0 bridgehead atoms. The van der Waals surface area contributed by atoms with Crippen molar-refractivity contribution >= 4 is 27.8 Å². The zero-order chi connectivity index (χ0) is 13.0. The van der Waals surface area contributed by atoms with Crippen molar-refractivity contribution in [2.24, 2.45) is 5.92 Å². The van der Waals surface area contributed by atoms with Gasteiger partial charge in [-0.25, -0.2) is 0 Å². The van der Waals surface area contributed by atoms with Gasteiger partial charge in [-0.3, -0.25) is 4.79 Å². The molecular formula is C12H20N2O2S. The number of rotatable bonds is 6. The van der Waals surface area contributed by atoms with Crippen LogP contribution in [0.1, 0.15) is 36.9 Å². The molecule has 5 heteroatoms. The first-order valence-corrected chi connectivity index (χ1v) is 6.58. The van der Waals surface area contributed by atoms with Crippen molar-refractivity contribution in [3.63, 3.8) is 0 Å². The van der Waals surface area contributed by atoms with Gasteiger partial charge in [0.15, 0.2) is 11.5 Å². The van der Waals surface area contributed by atoms with Crippen LogP contribution in [0, 0.1) is 5.92 Å². The van der Waals surface area contributed by atoms with Gasteiger partial charge in [0, 0.05) is 12.5 Å². The molecule has 1 aromatic rings. The Morgan fingerprint density at radius 1 is 1.53 bits per heavy atom. The summed E-state index contributed by atoms with van der Waals surface area (Å²) in [4.78, 5) is 12.6. The molecule has 0 amide bonds. The molecule has 1 heterocycles. The molecule has 0 unspecified atom stereocenters. The summed E-state index contributed by atoms with van der Waals surface area (Å²) in [6.45, 7) is 6.66. The number of hydrogen-bond acceptors (Lipinski definition) is 5. The number of methoxy groups -OCH3 is 1. The lowest BCUT2D eigenvalue weighted by atomic mass is 10.1. The van der Waals surface area contributed by atoms with Crippen molar-refractivity contribution < 1.29 is 9.53 Å². The highest BCUT2D eigenvalue weighted by Gasteiger charge is 2.23. The van der Waals surface area contributed by atoms with Gasteiger partial charge in [-0.1, -0.05) is 20.8 Å². The van der Waals surface area contributed by atoms with Crippen molar-refractivity contribution in [1.29, 1.82) is 0 Å². The van der Waals surface area contributed by atoms with Crippen molar-refractivity contribution in [3.8, 4) is 5.75 Å². The number of anilines is 2. The number of ketones is 1. The molecular weight excluding hydrogens is 236 g/mol. The van der Waals surface area contributed by atoms with Gasteiger partial charge in [0.1, 0.15) is 5.00 Å². The molecule has 0 spiro atoms. The van der Waals surface area contributed by atoms with Gasteiger partial charge in [-0.05, 0) is 6.42 Å². The predicted molar refractivity (Wildman–Crippen MR) is 73.2 cm³/mol. The first-order chi connectivity index (χ1) is 8.02. The minimum absolute atomic E-state index is 0.0559. The highest BCUT2D eigenvalue weighted by Crippen LogP contribution is 2.43. The fourth-order valence-electron chi connectivity index (χ4n) is 1.43. The maximum absolute atomic E-state index is 12.0. The van der Waals surface area contributed by atoms with Gasteiger partial charge in [-0.2, -0.15) is 0 Å². The average Bonchev–Trinajstić information content (AvgIpc) is 2.61. The minimum Gasteiger partial charge on any atom is -0.492 e. The van der Waals surface area contributed by atoms with E-state index in [0.717, 1.165) is 18.0 Å². The van der Waals surface area contributed by atoms with E-state index >= 15 is 0 Å². The highest BCUT2D eigenvalue weighted by molar-refractivity contribution is 7.19. The quantitative estimate of drug-likeness (QED) is 0.768. The lowest BCUT2D eigenvalue weighted by Crippen LogP contribution is -2.07. The lowest BCUT2D eigenvalue weighted by Gasteiger charge is -2.05. The minimum atomic E-state index is -0.0559. The van der Waals surface area contributed by atoms with E-state index in [1.165, 1.54) is 11.3 Å². The topological polar surface area (TPSA) is 64.4 Å². The molecule has 0 aliphatic rings. The van der Waals surface area contributed by atoms with E-state index in [2.05, 4.69) is 12.2 Å². The third-order valence-corrected chi connectivity index (χ3v) is 3.55. The number of carbonyl (C=O) groups is 1. The number of thiophene rings is 1. The van der Waals surface area contributed by atoms with Crippen LogP contribution in [0.3, 0.4) is 0 Å². The molecule has 1 rings (SSSR count). The summed E-state index contributed by atoms with van der Waals surface area (Å²) in [6.07, 6.45) is 1.01. The summed E-state index contributed by atoms with van der Waals surface area (Å²) in [5, 5.41) is 4.07. The van der Waals surface area contributed by atoms with Crippen molar-refractivity contribution in [1.82, 2.24) is 0 Å². The Morgan fingerprint density at radius 2 is 2.18 bits per heavy atom. The van der Waals surface area contributed by atoms with Gasteiger partial charge in [0.2, 0.25) is 0 Å². The highest BCUT2D eigenvalue weighted by atomic mass is 32.1. The van der Waals surface area contributed by atoms with Gasteiger partial charge in [0.05, 0.1) is 17.7 Å². The SMILES string of the molecule is CCCNc1sc(C(=O)C(C)C)c(N)c1OC. The third kappa shape index (κ3) is 2.91. The second-order valence-electron chi connectivity index (χ2n) is 4.15. The van der Waals surface area contributed by atoms with Crippen LogP contribution in [0.5, 0.6) is 5.75 Å². The van der Waals surface area contributed by atoms with E-state index in [-0.39, 0.29) is 11.7 Å². The molecule has 0 atom stereocenters. The van der Waals surface area contributed by atoms with E-state index in [1.807, 2.05) is 13.8 Å². The summed E-state index contributed by atoms with van der Waals surface area (Å²) in [7, 11) is 1.57. The Kier molecular flexibility index (Phi) is 4.81. The van der Waals surface area contributed by atoms with E-state index < -0.39 is 0 Å². The summed E-state index contributed by atoms with van der Waals surface area (Å²) in [5.41, 5.74) is 6.40. The number of carbonyl (C=O) groups excluding carboxylic acids is 1. The normalized spacial score (nSPS) is 10.6. The molecule has 0 aliphatic heterocycles. The molecule has 4 nitrogen and oxygen atoms in total. The Hall–Kier alpha value is -1.23. The van der Waals surface area contributed by atoms with Crippen LogP contribution in [-0.2, 0) is 0 Å². The predicted octanol–water partition coefficient (Wildman–Crippen LogP) is 3.00. The van der Waals surface area contributed by atoms with Gasteiger partial charge < -0.3 is 15.8 Å². The van der Waals surface area contributed by atoms with E-state index in [9.17, 15) is 4.79 Å². The smallest absolute Gasteiger partial charge is 0.177 e. The monoisotopic (exact) mass is 256 g/mol. The van der Waals surface area contributed by atoms with Crippen molar-refractivity contribution in [3.05, 3.63) is 4.88 Å². The van der Waals surface area contributed by atoms with E-state index in [1.54, 1.807) is 7.11 Å². The van der Waals surface area contributed by atoms with Crippen molar-refractivity contribution in [2.75, 3.05) is 24.7 Å². The summed E-state index contributed by atoms with van der Waals surface area (Å²) >= 11 is 1.38. The molecule has 0 saturated heterocycles. The standard InChI is InChI=1S/C12H20N2O2S/c1-5-6-14-12-10(16-4)8(13)11(17-12)9(15)7(2)3/h7,14H,5-6,13H2,1-4H3. The first kappa shape index (κ1) is 13.8. The molecule has 96 valence electrons. The van der Waals surface area contributed by atoms with Crippen LogP contribution in [-0.4, -0.2) is 19.4 Å². The molecule has 0 aromatic carbocycles. The lowest BCUT2D eigenvalue weighted by molar-refractivity contribution is 0.0944.